The lowest BCUT2D eigenvalue weighted by Crippen LogP contribution is -2.48. The van der Waals surface area contributed by atoms with Gasteiger partial charge in [-0.1, -0.05) is 24.3 Å². The van der Waals surface area contributed by atoms with Crippen molar-refractivity contribution in [1.29, 1.82) is 0 Å². The van der Waals surface area contributed by atoms with Gasteiger partial charge in [-0.25, -0.2) is 9.78 Å². The number of esters is 1. The lowest BCUT2D eigenvalue weighted by molar-refractivity contribution is -0.146. The maximum absolute atomic E-state index is 13.2. The van der Waals surface area contributed by atoms with Crippen molar-refractivity contribution in [2.45, 2.75) is 19.0 Å². The van der Waals surface area contributed by atoms with Crippen molar-refractivity contribution < 1.29 is 29.3 Å². The molecule has 0 aliphatic rings. The molecule has 0 saturated heterocycles. The molecular formula is C23H24N4O7. The molecule has 0 radical (unpaired) electrons. The molecule has 34 heavy (non-hydrogen) atoms. The van der Waals surface area contributed by atoms with Crippen LogP contribution in [0.1, 0.15) is 13.0 Å². The lowest BCUT2D eigenvalue weighted by Gasteiger charge is -2.20. The second-order valence-corrected chi connectivity index (χ2v) is 7.38. The van der Waals surface area contributed by atoms with Crippen LogP contribution in [-0.2, 0) is 19.1 Å². The molecule has 0 aliphatic carbocycles. The van der Waals surface area contributed by atoms with Gasteiger partial charge >= 0.3 is 5.97 Å². The van der Waals surface area contributed by atoms with E-state index in [1.165, 1.54) is 6.92 Å². The predicted molar refractivity (Wildman–Crippen MR) is 123 cm³/mol. The van der Waals surface area contributed by atoms with E-state index in [-0.39, 0.29) is 11.3 Å². The third-order valence-corrected chi connectivity index (χ3v) is 5.12. The van der Waals surface area contributed by atoms with Gasteiger partial charge in [-0.3, -0.25) is 19.0 Å². The van der Waals surface area contributed by atoms with Crippen LogP contribution < -0.4 is 16.2 Å². The summed E-state index contributed by atoms with van der Waals surface area (Å²) in [5.41, 5.74) is 1.85. The highest BCUT2D eigenvalue weighted by atomic mass is 16.5. The van der Waals surface area contributed by atoms with E-state index in [2.05, 4.69) is 20.4 Å². The summed E-state index contributed by atoms with van der Waals surface area (Å²) in [6, 6.07) is 9.27. The number of rotatable bonds is 8. The first-order valence-electron chi connectivity index (χ1n) is 10.3. The number of nitrogens with zero attached hydrogens (tertiary/aromatic N) is 2. The molecule has 0 bridgehead atoms. The largest absolute Gasteiger partial charge is 0.467 e. The van der Waals surface area contributed by atoms with E-state index in [9.17, 15) is 29.4 Å². The van der Waals surface area contributed by atoms with Gasteiger partial charge in [0, 0.05) is 18.2 Å². The number of fused-ring (bicyclic) bond motifs is 1. The van der Waals surface area contributed by atoms with Gasteiger partial charge in [-0.15, -0.1) is 0 Å². The molecule has 0 unspecified atom stereocenters. The first-order chi connectivity index (χ1) is 16.3. The van der Waals surface area contributed by atoms with E-state index >= 15 is 0 Å². The average molecular weight is 468 g/mol. The van der Waals surface area contributed by atoms with E-state index in [0.717, 1.165) is 23.6 Å². The molecule has 1 heterocycles. The van der Waals surface area contributed by atoms with Crippen LogP contribution in [0.15, 0.2) is 53.6 Å². The molecule has 3 aromatic rings. The number of aliphatic hydroxyl groups excluding tert-OH is 2. The molecule has 2 atom stereocenters. The Bertz CT molecular complexity index is 1270. The lowest BCUT2D eigenvalue weighted by atomic mass is 10.0. The number of aromatic nitrogens is 2. The Kier molecular flexibility index (Phi) is 7.71. The summed E-state index contributed by atoms with van der Waals surface area (Å²) in [6.07, 6.45) is 1.15. The minimum atomic E-state index is -1.39. The van der Waals surface area contributed by atoms with Gasteiger partial charge in [0.2, 0.25) is 11.8 Å². The van der Waals surface area contributed by atoms with Crippen LogP contribution >= 0.6 is 0 Å². The highest BCUT2D eigenvalue weighted by Crippen LogP contribution is 2.27. The monoisotopic (exact) mass is 468 g/mol. The quantitative estimate of drug-likeness (QED) is 0.341. The number of carbonyl (C=O) groups excluding carboxylic acids is 3. The van der Waals surface area contributed by atoms with Crippen molar-refractivity contribution in [1.82, 2.24) is 14.9 Å². The summed E-state index contributed by atoms with van der Waals surface area (Å²) in [4.78, 5) is 53.1. The number of anilines is 1. The van der Waals surface area contributed by atoms with E-state index < -0.39 is 42.7 Å². The van der Waals surface area contributed by atoms with Crippen LogP contribution in [0.2, 0.25) is 0 Å². The van der Waals surface area contributed by atoms with Crippen molar-refractivity contribution in [2.24, 2.45) is 0 Å². The molecule has 0 aliphatic heterocycles. The molecule has 4 N–H and O–H groups in total. The maximum atomic E-state index is 13.2. The number of nitrogens with one attached hydrogen (secondary N) is 2. The molecule has 0 fully saturated rings. The van der Waals surface area contributed by atoms with Crippen molar-refractivity contribution >= 4 is 34.4 Å². The zero-order valence-electron chi connectivity index (χ0n) is 18.5. The normalized spacial score (nSPS) is 12.6. The van der Waals surface area contributed by atoms with Crippen molar-refractivity contribution in [3.63, 3.8) is 0 Å². The van der Waals surface area contributed by atoms with Gasteiger partial charge in [0.1, 0.15) is 6.04 Å². The number of hydrogen-bond donors (Lipinski definition) is 4. The number of para-hydroxylation sites is 1. The molecule has 11 nitrogen and oxygen atoms in total. The predicted octanol–water partition coefficient (Wildman–Crippen LogP) is 0.205. The molecule has 1 aromatic heterocycles. The van der Waals surface area contributed by atoms with E-state index in [4.69, 9.17) is 0 Å². The summed E-state index contributed by atoms with van der Waals surface area (Å²) in [5.74, 6) is -1.93. The van der Waals surface area contributed by atoms with Gasteiger partial charge < -0.3 is 25.6 Å². The molecule has 178 valence electrons. The van der Waals surface area contributed by atoms with Gasteiger partial charge in [-0.05, 0) is 23.8 Å². The van der Waals surface area contributed by atoms with Gasteiger partial charge in [0.15, 0.2) is 6.04 Å². The van der Waals surface area contributed by atoms with Crippen molar-refractivity contribution in [3.8, 4) is 11.1 Å². The highest BCUT2D eigenvalue weighted by Gasteiger charge is 2.27. The number of carbonyl (C=O) groups is 3. The van der Waals surface area contributed by atoms with Crippen LogP contribution in [0, 0.1) is 0 Å². The minimum Gasteiger partial charge on any atom is -0.467 e. The minimum absolute atomic E-state index is 0.195. The highest BCUT2D eigenvalue weighted by molar-refractivity contribution is 5.94. The summed E-state index contributed by atoms with van der Waals surface area (Å²) in [7, 11) is 1.10. The number of amides is 2. The summed E-state index contributed by atoms with van der Waals surface area (Å²) >= 11 is 0. The van der Waals surface area contributed by atoms with Crippen molar-refractivity contribution in [3.05, 3.63) is 59.1 Å². The standard InChI is InChI=1S/C23H24N4O7/c1-13(30)25-15-8-6-14(7-9-15)16-4-3-5-17-20(16)24-12-27(22(17)32)19(11-29)21(31)26-18(10-28)23(33)34-2/h3-9,12,18-19,28-29H,10-11H2,1-2H3,(H,25,30)(H,26,31)/t18-,19-/m0/s1. The first-order valence-corrected chi connectivity index (χ1v) is 10.3. The van der Waals surface area contributed by atoms with E-state index in [0.29, 0.717) is 16.8 Å². The fourth-order valence-corrected chi connectivity index (χ4v) is 3.44. The molecule has 11 heteroatoms. The maximum Gasteiger partial charge on any atom is 0.330 e. The number of benzene rings is 2. The Morgan fingerprint density at radius 2 is 1.79 bits per heavy atom. The Morgan fingerprint density at radius 1 is 1.09 bits per heavy atom. The molecule has 2 amide bonds. The Morgan fingerprint density at radius 3 is 2.38 bits per heavy atom. The molecule has 0 saturated carbocycles. The molecule has 3 rings (SSSR count). The first kappa shape index (κ1) is 24.6. The second kappa shape index (κ2) is 10.7. The fourth-order valence-electron chi connectivity index (χ4n) is 3.44. The van der Waals surface area contributed by atoms with Crippen LogP contribution in [0.4, 0.5) is 5.69 Å². The Hall–Kier alpha value is -4.09. The van der Waals surface area contributed by atoms with Gasteiger partial charge in [0.25, 0.3) is 5.56 Å². The number of hydrogen-bond acceptors (Lipinski definition) is 8. The number of ether oxygens (including phenoxy) is 1. The number of methoxy groups -OCH3 is 1. The smallest absolute Gasteiger partial charge is 0.330 e. The Labute approximate surface area is 194 Å². The second-order valence-electron chi connectivity index (χ2n) is 7.38. The van der Waals surface area contributed by atoms with Gasteiger partial charge in [-0.2, -0.15) is 0 Å². The summed E-state index contributed by atoms with van der Waals surface area (Å²) in [6.45, 7) is -0.0546. The zero-order valence-corrected chi connectivity index (χ0v) is 18.5. The SMILES string of the molecule is COC(=O)[C@H](CO)NC(=O)[C@H](CO)n1cnc2c(-c3ccc(NC(C)=O)cc3)cccc2c1=O. The van der Waals surface area contributed by atoms with Gasteiger partial charge in [0.05, 0.1) is 37.6 Å². The molecular weight excluding hydrogens is 444 g/mol. The summed E-state index contributed by atoms with van der Waals surface area (Å²) in [5, 5.41) is 24.3. The van der Waals surface area contributed by atoms with E-state index in [1.807, 2.05) is 0 Å². The zero-order chi connectivity index (χ0) is 24.8. The number of aliphatic hydroxyl groups is 2. The third-order valence-electron chi connectivity index (χ3n) is 5.12. The molecule has 0 spiro atoms. The Balaban J connectivity index is 1.98. The van der Waals surface area contributed by atoms with E-state index in [1.54, 1.807) is 42.5 Å². The van der Waals surface area contributed by atoms with Crippen LogP contribution in [0.3, 0.4) is 0 Å². The fraction of sp³-hybridized carbons (Fsp3) is 0.261. The van der Waals surface area contributed by atoms with Crippen LogP contribution in [-0.4, -0.2) is 63.9 Å². The topological polar surface area (TPSA) is 160 Å². The van der Waals surface area contributed by atoms with Crippen molar-refractivity contribution in [2.75, 3.05) is 25.6 Å². The third kappa shape index (κ3) is 5.11. The van der Waals surface area contributed by atoms with Crippen LogP contribution in [0.5, 0.6) is 0 Å². The average Bonchev–Trinajstić information content (AvgIpc) is 2.83. The van der Waals surface area contributed by atoms with Crippen LogP contribution in [0.25, 0.3) is 22.0 Å². The summed E-state index contributed by atoms with van der Waals surface area (Å²) < 4.78 is 5.47. The molecule has 2 aromatic carbocycles.